The van der Waals surface area contributed by atoms with E-state index in [1.54, 1.807) is 0 Å². The molecule has 0 spiro atoms. The number of hydrogen-bond donors (Lipinski definition) is 1. The quantitative estimate of drug-likeness (QED) is 0.900. The van der Waals surface area contributed by atoms with Crippen LogP contribution in [-0.4, -0.2) is 16.3 Å². The second kappa shape index (κ2) is 3.76. The molecular weight excluding hydrogens is 266 g/mol. The fraction of sp³-hybridized carbons (Fsp3) is 0.750. The Morgan fingerprint density at radius 3 is 2.75 bits per heavy atom. The van der Waals surface area contributed by atoms with Crippen molar-refractivity contribution < 1.29 is 0 Å². The van der Waals surface area contributed by atoms with Gasteiger partial charge in [0.1, 0.15) is 5.82 Å². The number of nitrogens with one attached hydrogen (secondary N) is 1. The first-order chi connectivity index (χ1) is 7.68. The first-order valence-corrected chi connectivity index (χ1v) is 6.99. The van der Waals surface area contributed by atoms with E-state index in [-0.39, 0.29) is 0 Å². The number of rotatable bonds is 2. The van der Waals surface area contributed by atoms with E-state index in [4.69, 9.17) is 5.10 Å². The summed E-state index contributed by atoms with van der Waals surface area (Å²) in [6, 6.07) is 0.639. The lowest BCUT2D eigenvalue weighted by molar-refractivity contribution is 0.372. The lowest BCUT2D eigenvalue weighted by Crippen LogP contribution is -2.24. The number of aromatic nitrogens is 2. The van der Waals surface area contributed by atoms with E-state index in [1.807, 2.05) is 0 Å². The third-order valence-electron chi connectivity index (χ3n) is 3.64. The summed E-state index contributed by atoms with van der Waals surface area (Å²) in [6.45, 7) is 5.49. The van der Waals surface area contributed by atoms with Crippen molar-refractivity contribution in [1.82, 2.24) is 9.78 Å². The zero-order valence-electron chi connectivity index (χ0n) is 9.83. The summed E-state index contributed by atoms with van der Waals surface area (Å²) in [5, 5.41) is 8.27. The monoisotopic (exact) mass is 283 g/mol. The minimum Gasteiger partial charge on any atom is -0.369 e. The summed E-state index contributed by atoms with van der Waals surface area (Å²) in [5.41, 5.74) is 1.19. The molecule has 1 atom stereocenters. The van der Waals surface area contributed by atoms with Crippen LogP contribution in [0.1, 0.15) is 50.8 Å². The first kappa shape index (κ1) is 10.6. The van der Waals surface area contributed by atoms with E-state index in [9.17, 15) is 0 Å². The maximum absolute atomic E-state index is 4.80. The SMILES string of the molecule is CC(C)c1nn2c(c1Br)NCCC2C1CC1. The van der Waals surface area contributed by atoms with E-state index in [0.717, 1.165) is 12.5 Å². The van der Waals surface area contributed by atoms with Gasteiger partial charge in [0, 0.05) is 6.54 Å². The molecule has 0 saturated heterocycles. The second-order valence-electron chi connectivity index (χ2n) is 5.27. The van der Waals surface area contributed by atoms with Crippen molar-refractivity contribution >= 4 is 21.7 Å². The normalized spacial score (nSPS) is 24.4. The highest BCUT2D eigenvalue weighted by Gasteiger charge is 2.37. The van der Waals surface area contributed by atoms with E-state index < -0.39 is 0 Å². The third kappa shape index (κ3) is 1.58. The highest BCUT2D eigenvalue weighted by atomic mass is 79.9. The van der Waals surface area contributed by atoms with Crippen LogP contribution in [0.25, 0.3) is 0 Å². The van der Waals surface area contributed by atoms with Crippen LogP contribution in [0.3, 0.4) is 0 Å². The van der Waals surface area contributed by atoms with Gasteiger partial charge in [0.05, 0.1) is 16.2 Å². The molecule has 0 radical (unpaired) electrons. The summed E-state index contributed by atoms with van der Waals surface area (Å²) in [5.74, 6) is 2.56. The van der Waals surface area contributed by atoms with Crippen LogP contribution in [0, 0.1) is 5.92 Å². The molecule has 1 aliphatic carbocycles. The molecule has 0 aromatic carbocycles. The van der Waals surface area contributed by atoms with Crippen molar-refractivity contribution in [3.8, 4) is 0 Å². The Kier molecular flexibility index (Phi) is 2.50. The van der Waals surface area contributed by atoms with Crippen LogP contribution < -0.4 is 5.32 Å². The van der Waals surface area contributed by atoms with Gasteiger partial charge in [-0.15, -0.1) is 0 Å². The highest BCUT2D eigenvalue weighted by Crippen LogP contribution is 2.46. The molecule has 3 nitrogen and oxygen atoms in total. The molecule has 2 heterocycles. The molecular formula is C12H18BrN3. The number of fused-ring (bicyclic) bond motifs is 1. The Hall–Kier alpha value is -0.510. The van der Waals surface area contributed by atoms with Crippen molar-refractivity contribution in [3.05, 3.63) is 10.2 Å². The van der Waals surface area contributed by atoms with Crippen LogP contribution in [0.5, 0.6) is 0 Å². The van der Waals surface area contributed by atoms with Crippen molar-refractivity contribution in [1.29, 1.82) is 0 Å². The van der Waals surface area contributed by atoms with Gasteiger partial charge in [0.2, 0.25) is 0 Å². The highest BCUT2D eigenvalue weighted by molar-refractivity contribution is 9.10. The zero-order valence-corrected chi connectivity index (χ0v) is 11.4. The van der Waals surface area contributed by atoms with Gasteiger partial charge in [-0.2, -0.15) is 5.10 Å². The van der Waals surface area contributed by atoms with Gasteiger partial charge >= 0.3 is 0 Å². The lowest BCUT2D eigenvalue weighted by atomic mass is 10.1. The average molecular weight is 284 g/mol. The van der Waals surface area contributed by atoms with Crippen molar-refractivity contribution in [2.45, 2.75) is 45.1 Å². The maximum Gasteiger partial charge on any atom is 0.139 e. The van der Waals surface area contributed by atoms with Crippen molar-refractivity contribution in [3.63, 3.8) is 0 Å². The molecule has 1 N–H and O–H groups in total. The predicted octanol–water partition coefficient (Wildman–Crippen LogP) is 3.54. The van der Waals surface area contributed by atoms with Gasteiger partial charge in [-0.25, -0.2) is 4.68 Å². The van der Waals surface area contributed by atoms with Gasteiger partial charge in [-0.1, -0.05) is 13.8 Å². The minimum absolute atomic E-state index is 0.481. The summed E-state index contributed by atoms with van der Waals surface area (Å²) in [7, 11) is 0. The van der Waals surface area contributed by atoms with Crippen LogP contribution in [0.4, 0.5) is 5.82 Å². The van der Waals surface area contributed by atoms with Gasteiger partial charge < -0.3 is 5.32 Å². The lowest BCUT2D eigenvalue weighted by Gasteiger charge is -2.25. The van der Waals surface area contributed by atoms with Gasteiger partial charge in [0.15, 0.2) is 0 Å². The molecule has 3 rings (SSSR count). The average Bonchev–Trinajstić information content (AvgIpc) is 3.03. The first-order valence-electron chi connectivity index (χ1n) is 6.20. The summed E-state index contributed by atoms with van der Waals surface area (Å²) in [4.78, 5) is 0. The molecule has 1 saturated carbocycles. The second-order valence-corrected chi connectivity index (χ2v) is 6.06. The third-order valence-corrected chi connectivity index (χ3v) is 4.42. The van der Waals surface area contributed by atoms with Crippen LogP contribution >= 0.6 is 15.9 Å². The number of hydrogen-bond acceptors (Lipinski definition) is 2. The number of halogens is 1. The molecule has 1 aliphatic heterocycles. The topological polar surface area (TPSA) is 29.9 Å². The molecule has 1 aromatic heterocycles. The summed E-state index contributed by atoms with van der Waals surface area (Å²) in [6.07, 6.45) is 4.00. The molecule has 1 unspecified atom stereocenters. The fourth-order valence-corrected chi connectivity index (χ4v) is 3.44. The van der Waals surface area contributed by atoms with E-state index in [2.05, 4.69) is 39.8 Å². The van der Waals surface area contributed by atoms with Gasteiger partial charge in [-0.3, -0.25) is 0 Å². The van der Waals surface area contributed by atoms with Crippen LogP contribution in [-0.2, 0) is 0 Å². The Balaban J connectivity index is 2.03. The van der Waals surface area contributed by atoms with Crippen LogP contribution in [0.2, 0.25) is 0 Å². The minimum atomic E-state index is 0.481. The van der Waals surface area contributed by atoms with Crippen LogP contribution in [0.15, 0.2) is 4.47 Å². The maximum atomic E-state index is 4.80. The van der Waals surface area contributed by atoms with Gasteiger partial charge in [-0.05, 0) is 47.0 Å². The summed E-state index contributed by atoms with van der Waals surface area (Å²) >= 11 is 3.69. The van der Waals surface area contributed by atoms with E-state index in [1.165, 1.54) is 35.2 Å². The Morgan fingerprint density at radius 2 is 2.12 bits per heavy atom. The predicted molar refractivity (Wildman–Crippen MR) is 68.9 cm³/mol. The van der Waals surface area contributed by atoms with Crippen molar-refractivity contribution in [2.24, 2.45) is 5.92 Å². The molecule has 88 valence electrons. The fourth-order valence-electron chi connectivity index (χ4n) is 2.58. The number of nitrogens with zero attached hydrogens (tertiary/aromatic N) is 2. The zero-order chi connectivity index (χ0) is 11.3. The van der Waals surface area contributed by atoms with E-state index >= 15 is 0 Å². The Bertz CT molecular complexity index is 407. The van der Waals surface area contributed by atoms with Crippen molar-refractivity contribution in [2.75, 3.05) is 11.9 Å². The smallest absolute Gasteiger partial charge is 0.139 e. The Morgan fingerprint density at radius 1 is 1.38 bits per heavy atom. The largest absolute Gasteiger partial charge is 0.369 e. The van der Waals surface area contributed by atoms with E-state index in [0.29, 0.717) is 12.0 Å². The molecule has 1 aromatic rings. The molecule has 4 heteroatoms. The molecule has 1 fully saturated rings. The standard InChI is InChI=1S/C12H18BrN3/c1-7(2)11-10(13)12-14-6-5-9(8-3-4-8)16(12)15-11/h7-9,14H,3-6H2,1-2H3. The van der Waals surface area contributed by atoms with Gasteiger partial charge in [0.25, 0.3) is 0 Å². The molecule has 0 amide bonds. The summed E-state index contributed by atoms with van der Waals surface area (Å²) < 4.78 is 3.41. The molecule has 16 heavy (non-hydrogen) atoms. The molecule has 2 aliphatic rings. The Labute approximate surface area is 105 Å². The molecule has 0 bridgehead atoms. The number of anilines is 1.